The first-order valence-electron chi connectivity index (χ1n) is 9.36. The highest BCUT2D eigenvalue weighted by molar-refractivity contribution is 7.99. The molecule has 0 spiro atoms. The molecule has 2 heterocycles. The van der Waals surface area contributed by atoms with E-state index >= 15 is 0 Å². The summed E-state index contributed by atoms with van der Waals surface area (Å²) in [5.74, 6) is -0.131. The van der Waals surface area contributed by atoms with Crippen molar-refractivity contribution in [3.8, 4) is 12.1 Å². The Balaban J connectivity index is 2.05. The Morgan fingerprint density at radius 2 is 2.03 bits per heavy atom. The van der Waals surface area contributed by atoms with Crippen molar-refractivity contribution in [3.05, 3.63) is 39.4 Å². The summed E-state index contributed by atoms with van der Waals surface area (Å²) in [4.78, 5) is 29.2. The smallest absolute Gasteiger partial charge is 0.348 e. The summed E-state index contributed by atoms with van der Waals surface area (Å²) in [6.07, 6.45) is 0.166. The van der Waals surface area contributed by atoms with Crippen molar-refractivity contribution >= 4 is 40.0 Å². The van der Waals surface area contributed by atoms with Gasteiger partial charge in [-0.05, 0) is 37.5 Å². The highest BCUT2D eigenvalue weighted by Crippen LogP contribution is 2.33. The van der Waals surface area contributed by atoms with Gasteiger partial charge in [-0.2, -0.15) is 10.5 Å². The Labute approximate surface area is 184 Å². The summed E-state index contributed by atoms with van der Waals surface area (Å²) in [6, 6.07) is 7.74. The number of hydrogen-bond acceptors (Lipinski definition) is 8. The average molecular weight is 443 g/mol. The van der Waals surface area contributed by atoms with Gasteiger partial charge in [0.1, 0.15) is 27.0 Å². The second-order valence-corrected chi connectivity index (χ2v) is 8.70. The summed E-state index contributed by atoms with van der Waals surface area (Å²) in [5, 5.41) is 22.3. The van der Waals surface area contributed by atoms with E-state index in [1.807, 2.05) is 26.0 Å². The molecule has 7 nitrogen and oxygen atoms in total. The van der Waals surface area contributed by atoms with Crippen molar-refractivity contribution in [2.45, 2.75) is 45.1 Å². The van der Waals surface area contributed by atoms with E-state index in [9.17, 15) is 20.1 Å². The van der Waals surface area contributed by atoms with Gasteiger partial charge in [-0.15, -0.1) is 23.1 Å². The number of pyridine rings is 1. The van der Waals surface area contributed by atoms with Gasteiger partial charge >= 0.3 is 5.97 Å². The van der Waals surface area contributed by atoms with Crippen LogP contribution in [0.5, 0.6) is 0 Å². The first kappa shape index (κ1) is 23.4. The molecule has 0 saturated heterocycles. The van der Waals surface area contributed by atoms with Crippen LogP contribution in [0.2, 0.25) is 0 Å². The molecule has 0 aliphatic heterocycles. The number of ether oxygens (including phenoxy) is 1. The predicted molar refractivity (Wildman–Crippen MR) is 117 cm³/mol. The molecule has 1 N–H and O–H groups in total. The minimum absolute atomic E-state index is 0.166. The van der Waals surface area contributed by atoms with E-state index in [1.54, 1.807) is 19.9 Å². The molecular formula is C21H22N4O3S2. The molecule has 156 valence electrons. The molecule has 0 aromatic carbocycles. The number of thioether (sulfide) groups is 1. The maximum atomic E-state index is 12.4. The number of carbonyl (C=O) groups is 2. The number of thiophene rings is 1. The molecule has 0 fully saturated rings. The Morgan fingerprint density at radius 3 is 2.63 bits per heavy atom. The van der Waals surface area contributed by atoms with E-state index in [0.29, 0.717) is 31.8 Å². The second kappa shape index (κ2) is 10.8. The van der Waals surface area contributed by atoms with Crippen molar-refractivity contribution in [2.75, 3.05) is 17.7 Å². The number of rotatable bonds is 8. The molecule has 30 heavy (non-hydrogen) atoms. The molecule has 0 unspecified atom stereocenters. The Bertz CT molecular complexity index is 1030. The van der Waals surface area contributed by atoms with Crippen molar-refractivity contribution < 1.29 is 14.3 Å². The molecule has 0 aliphatic rings. The van der Waals surface area contributed by atoms with Gasteiger partial charge in [-0.1, -0.05) is 13.8 Å². The topological polar surface area (TPSA) is 116 Å². The van der Waals surface area contributed by atoms with Crippen LogP contribution in [0, 0.1) is 29.6 Å². The average Bonchev–Trinajstić information content (AvgIpc) is 3.02. The van der Waals surface area contributed by atoms with Gasteiger partial charge in [0.25, 0.3) is 0 Å². The second-order valence-electron chi connectivity index (χ2n) is 6.59. The van der Waals surface area contributed by atoms with Crippen LogP contribution in [-0.2, 0) is 9.53 Å². The largest absolute Gasteiger partial charge is 0.462 e. The van der Waals surface area contributed by atoms with Crippen LogP contribution in [0.1, 0.15) is 65.2 Å². The van der Waals surface area contributed by atoms with Crippen molar-refractivity contribution in [2.24, 2.45) is 0 Å². The number of carbonyl (C=O) groups excluding carboxylic acids is 2. The van der Waals surface area contributed by atoms with Crippen LogP contribution in [-0.4, -0.2) is 29.2 Å². The third kappa shape index (κ3) is 5.59. The molecule has 2 aromatic heterocycles. The monoisotopic (exact) mass is 442 g/mol. The van der Waals surface area contributed by atoms with Gasteiger partial charge in [0.2, 0.25) is 5.91 Å². The summed E-state index contributed by atoms with van der Waals surface area (Å²) >= 11 is 2.38. The van der Waals surface area contributed by atoms with E-state index < -0.39 is 5.97 Å². The molecule has 1 amide bonds. The third-order valence-corrected chi connectivity index (χ3v) is 6.31. The number of nitriles is 2. The van der Waals surface area contributed by atoms with Crippen molar-refractivity contribution in [1.82, 2.24) is 4.98 Å². The van der Waals surface area contributed by atoms with E-state index in [4.69, 9.17) is 4.74 Å². The zero-order chi connectivity index (χ0) is 22.3. The number of aromatic nitrogens is 1. The quantitative estimate of drug-likeness (QED) is 0.468. The molecule has 9 heteroatoms. The van der Waals surface area contributed by atoms with Crippen LogP contribution in [0.3, 0.4) is 0 Å². The number of hydrogen-bond donors (Lipinski definition) is 1. The van der Waals surface area contributed by atoms with E-state index in [-0.39, 0.29) is 30.4 Å². The molecule has 0 saturated carbocycles. The maximum absolute atomic E-state index is 12.4. The number of anilines is 1. The SMILES string of the molecule is CCOC(=O)c1sc(NC(=O)CCSc2nc(C(C)C)ccc2C#N)c(C#N)c1C. The fourth-order valence-corrected chi connectivity index (χ4v) is 4.52. The lowest BCUT2D eigenvalue weighted by molar-refractivity contribution is -0.115. The van der Waals surface area contributed by atoms with Gasteiger partial charge in [-0.3, -0.25) is 4.79 Å². The molecule has 0 aliphatic carbocycles. The molecule has 2 aromatic rings. The van der Waals surface area contributed by atoms with E-state index in [1.165, 1.54) is 11.8 Å². The van der Waals surface area contributed by atoms with Crippen LogP contribution in [0.15, 0.2) is 17.2 Å². The molecule has 0 radical (unpaired) electrons. The highest BCUT2D eigenvalue weighted by atomic mass is 32.2. The highest BCUT2D eigenvalue weighted by Gasteiger charge is 2.22. The molecule has 0 atom stereocenters. The lowest BCUT2D eigenvalue weighted by Crippen LogP contribution is -2.12. The van der Waals surface area contributed by atoms with Crippen LogP contribution >= 0.6 is 23.1 Å². The minimum Gasteiger partial charge on any atom is -0.462 e. The lowest BCUT2D eigenvalue weighted by atomic mass is 10.1. The third-order valence-electron chi connectivity index (χ3n) is 4.13. The van der Waals surface area contributed by atoms with Gasteiger partial charge in [0, 0.05) is 17.9 Å². The first-order chi connectivity index (χ1) is 14.3. The Kier molecular flexibility index (Phi) is 8.40. The summed E-state index contributed by atoms with van der Waals surface area (Å²) < 4.78 is 5.00. The standard InChI is InChI=1S/C21H22N4O3S2/c1-5-28-21(27)18-13(4)15(11-23)20(30-18)25-17(26)8-9-29-19-14(10-22)6-7-16(24-19)12(2)3/h6-7,12H,5,8-9H2,1-4H3,(H,25,26). The van der Waals surface area contributed by atoms with E-state index in [0.717, 1.165) is 17.0 Å². The summed E-state index contributed by atoms with van der Waals surface area (Å²) in [7, 11) is 0. The van der Waals surface area contributed by atoms with Crippen molar-refractivity contribution in [1.29, 1.82) is 10.5 Å². The van der Waals surface area contributed by atoms with Gasteiger partial charge in [0.05, 0.1) is 17.7 Å². The first-order valence-corrected chi connectivity index (χ1v) is 11.2. The van der Waals surface area contributed by atoms with Crippen LogP contribution in [0.4, 0.5) is 5.00 Å². The molecule has 2 rings (SSSR count). The summed E-state index contributed by atoms with van der Waals surface area (Å²) in [5.41, 5.74) is 2.13. The number of amides is 1. The van der Waals surface area contributed by atoms with Gasteiger partial charge < -0.3 is 10.1 Å². The summed E-state index contributed by atoms with van der Waals surface area (Å²) in [6.45, 7) is 7.64. The normalized spacial score (nSPS) is 10.4. The Morgan fingerprint density at radius 1 is 1.30 bits per heavy atom. The number of nitrogens with zero attached hydrogens (tertiary/aromatic N) is 3. The van der Waals surface area contributed by atoms with Crippen LogP contribution in [0.25, 0.3) is 0 Å². The zero-order valence-electron chi connectivity index (χ0n) is 17.2. The Hall–Kier alpha value is -2.88. The zero-order valence-corrected chi connectivity index (χ0v) is 18.9. The van der Waals surface area contributed by atoms with Crippen LogP contribution < -0.4 is 5.32 Å². The number of esters is 1. The fourth-order valence-electron chi connectivity index (χ4n) is 2.53. The van der Waals surface area contributed by atoms with Gasteiger partial charge in [-0.25, -0.2) is 9.78 Å². The minimum atomic E-state index is -0.507. The van der Waals surface area contributed by atoms with E-state index in [2.05, 4.69) is 16.4 Å². The molecule has 0 bridgehead atoms. The predicted octanol–water partition coefficient (Wildman–Crippen LogP) is 4.62. The number of nitrogens with one attached hydrogen (secondary N) is 1. The maximum Gasteiger partial charge on any atom is 0.348 e. The lowest BCUT2D eigenvalue weighted by Gasteiger charge is -2.09. The van der Waals surface area contributed by atoms with Gasteiger partial charge in [0.15, 0.2) is 0 Å². The van der Waals surface area contributed by atoms with Crippen molar-refractivity contribution in [3.63, 3.8) is 0 Å². The fraction of sp³-hybridized carbons (Fsp3) is 0.381. The molecular weight excluding hydrogens is 420 g/mol.